The van der Waals surface area contributed by atoms with Crippen LogP contribution in [0, 0.1) is 5.92 Å². The van der Waals surface area contributed by atoms with Crippen molar-refractivity contribution in [1.82, 2.24) is 0 Å². The fraction of sp³-hybridized carbons (Fsp3) is 0.955. The molecule has 0 aliphatic carbocycles. The van der Waals surface area contributed by atoms with Crippen molar-refractivity contribution in [2.45, 2.75) is 129 Å². The second-order valence-corrected chi connectivity index (χ2v) is 7.93. The van der Waals surface area contributed by atoms with Gasteiger partial charge >= 0.3 is 35.5 Å². The molecule has 0 fully saturated rings. The van der Waals surface area contributed by atoms with E-state index in [0.717, 1.165) is 12.8 Å². The van der Waals surface area contributed by atoms with Crippen molar-refractivity contribution in [3.05, 3.63) is 0 Å². The zero-order chi connectivity index (χ0) is 18.8. The van der Waals surface area contributed by atoms with Crippen molar-refractivity contribution in [3.8, 4) is 0 Å². The van der Waals surface area contributed by atoms with Gasteiger partial charge in [-0.1, -0.05) is 117 Å². The Kier molecular flexibility index (Phi) is 23.9. The topological polar surface area (TPSA) is 63.3 Å². The minimum absolute atomic E-state index is 0. The summed E-state index contributed by atoms with van der Waals surface area (Å²) in [4.78, 5) is 10.8. The molecule has 0 aliphatic rings. The molecule has 26 heavy (non-hydrogen) atoms. The predicted octanol–water partition coefficient (Wildman–Crippen LogP) is 3.80. The van der Waals surface area contributed by atoms with Crippen molar-refractivity contribution >= 4 is 5.97 Å². The van der Waals surface area contributed by atoms with Gasteiger partial charge in [0.1, 0.15) is 6.04 Å². The fourth-order valence-corrected chi connectivity index (χ4v) is 3.44. The molecule has 0 saturated carbocycles. The van der Waals surface area contributed by atoms with Crippen LogP contribution in [-0.4, -0.2) is 17.1 Å². The van der Waals surface area contributed by atoms with Gasteiger partial charge in [0, 0.05) is 0 Å². The maximum Gasteiger partial charge on any atom is 1.00 e. The van der Waals surface area contributed by atoms with Crippen molar-refractivity contribution < 1.29 is 40.9 Å². The molecule has 0 aliphatic heterocycles. The van der Waals surface area contributed by atoms with E-state index in [1.165, 1.54) is 96.3 Å². The first kappa shape index (κ1) is 28.6. The van der Waals surface area contributed by atoms with Crippen LogP contribution < -0.4 is 35.3 Å². The molecular formula is C22H46NNaO2. The summed E-state index contributed by atoms with van der Waals surface area (Å²) in [5, 5.41) is 8.86. The normalized spacial score (nSPS) is 13.2. The van der Waals surface area contributed by atoms with E-state index in [0.29, 0.717) is 0 Å². The molecule has 0 bridgehead atoms. The zero-order valence-corrected chi connectivity index (χ0v) is 20.1. The molecule has 0 spiro atoms. The van der Waals surface area contributed by atoms with Gasteiger partial charge in [0.15, 0.2) is 0 Å². The first-order chi connectivity index (χ1) is 12.1. The maximum atomic E-state index is 10.8. The Morgan fingerprint density at radius 1 is 0.769 bits per heavy atom. The summed E-state index contributed by atoms with van der Waals surface area (Å²) in [5.41, 5.74) is 5.63. The Morgan fingerprint density at radius 2 is 1.08 bits per heavy atom. The van der Waals surface area contributed by atoms with Gasteiger partial charge in [-0.15, -0.1) is 0 Å². The number of hydrogen-bond acceptors (Lipinski definition) is 2. The van der Waals surface area contributed by atoms with E-state index in [2.05, 4.69) is 6.92 Å². The van der Waals surface area contributed by atoms with Crippen LogP contribution >= 0.6 is 0 Å². The molecule has 0 radical (unpaired) electrons. The SMILES string of the molecule is CCCCCCCCCCCCCCCCCC[C@H](C)[C@H](N)C(=O)O.[H-].[Na+]. The number of carboxylic acid groups (broad SMARTS) is 1. The average molecular weight is 380 g/mol. The Labute approximate surface area is 187 Å². The largest absolute Gasteiger partial charge is 1.00 e. The molecule has 0 aromatic rings. The molecule has 0 aromatic carbocycles. The van der Waals surface area contributed by atoms with Gasteiger partial charge in [0.2, 0.25) is 0 Å². The van der Waals surface area contributed by atoms with Crippen molar-refractivity contribution in [2.75, 3.05) is 0 Å². The molecular weight excluding hydrogens is 333 g/mol. The summed E-state index contributed by atoms with van der Waals surface area (Å²) in [5.74, 6) is -0.784. The van der Waals surface area contributed by atoms with Gasteiger partial charge < -0.3 is 12.3 Å². The van der Waals surface area contributed by atoms with Crippen LogP contribution in [0.3, 0.4) is 0 Å². The molecule has 3 N–H and O–H groups in total. The molecule has 152 valence electrons. The monoisotopic (exact) mass is 379 g/mol. The smallest absolute Gasteiger partial charge is 1.00 e. The van der Waals surface area contributed by atoms with E-state index in [4.69, 9.17) is 10.8 Å². The Hall–Kier alpha value is 0.430. The van der Waals surface area contributed by atoms with Gasteiger partial charge in [-0.05, 0) is 12.3 Å². The molecule has 0 aromatic heterocycles. The van der Waals surface area contributed by atoms with E-state index in [9.17, 15) is 4.79 Å². The Morgan fingerprint density at radius 3 is 1.38 bits per heavy atom. The zero-order valence-electron chi connectivity index (χ0n) is 19.1. The minimum atomic E-state index is -0.871. The molecule has 3 nitrogen and oxygen atoms in total. The van der Waals surface area contributed by atoms with Crippen LogP contribution in [0.1, 0.15) is 124 Å². The van der Waals surface area contributed by atoms with E-state index in [-0.39, 0.29) is 36.9 Å². The van der Waals surface area contributed by atoms with Crippen molar-refractivity contribution in [3.63, 3.8) is 0 Å². The van der Waals surface area contributed by atoms with Gasteiger partial charge in [-0.3, -0.25) is 4.79 Å². The quantitative estimate of drug-likeness (QED) is 0.265. The van der Waals surface area contributed by atoms with Crippen LogP contribution in [-0.2, 0) is 4.79 Å². The summed E-state index contributed by atoms with van der Waals surface area (Å²) in [6.45, 7) is 4.22. The molecule has 0 rings (SSSR count). The molecule has 0 unspecified atom stereocenters. The van der Waals surface area contributed by atoms with Crippen LogP contribution in [0.5, 0.6) is 0 Å². The van der Waals surface area contributed by atoms with E-state index >= 15 is 0 Å². The number of carbonyl (C=O) groups is 1. The van der Waals surface area contributed by atoms with Crippen LogP contribution in [0.25, 0.3) is 0 Å². The van der Waals surface area contributed by atoms with E-state index in [1.54, 1.807) is 0 Å². The molecule has 4 heteroatoms. The van der Waals surface area contributed by atoms with Crippen LogP contribution in [0.2, 0.25) is 0 Å². The van der Waals surface area contributed by atoms with Gasteiger partial charge in [-0.2, -0.15) is 0 Å². The van der Waals surface area contributed by atoms with Gasteiger partial charge in [0.05, 0.1) is 0 Å². The summed E-state index contributed by atoms with van der Waals surface area (Å²) < 4.78 is 0. The first-order valence-electron chi connectivity index (χ1n) is 11.1. The van der Waals surface area contributed by atoms with Crippen LogP contribution in [0.15, 0.2) is 0 Å². The molecule has 0 amide bonds. The predicted molar refractivity (Wildman–Crippen MR) is 110 cm³/mol. The Balaban J connectivity index is -0.00000288. The average Bonchev–Trinajstić information content (AvgIpc) is 2.60. The number of aliphatic carboxylic acids is 1. The van der Waals surface area contributed by atoms with Crippen LogP contribution in [0.4, 0.5) is 0 Å². The number of unbranched alkanes of at least 4 members (excludes halogenated alkanes) is 15. The van der Waals surface area contributed by atoms with E-state index < -0.39 is 12.0 Å². The molecule has 0 saturated heterocycles. The first-order valence-corrected chi connectivity index (χ1v) is 11.1. The van der Waals surface area contributed by atoms with Crippen molar-refractivity contribution in [1.29, 1.82) is 0 Å². The third-order valence-electron chi connectivity index (χ3n) is 5.41. The van der Waals surface area contributed by atoms with E-state index in [1.807, 2.05) is 6.92 Å². The number of hydrogen-bond donors (Lipinski definition) is 2. The summed E-state index contributed by atoms with van der Waals surface area (Å²) >= 11 is 0. The number of carboxylic acids is 1. The molecule has 0 heterocycles. The summed E-state index contributed by atoms with van der Waals surface area (Å²) in [6.07, 6.45) is 22.8. The third-order valence-corrected chi connectivity index (χ3v) is 5.41. The number of rotatable bonds is 19. The number of nitrogens with two attached hydrogens (primary N) is 1. The van der Waals surface area contributed by atoms with Gasteiger partial charge in [-0.25, -0.2) is 0 Å². The van der Waals surface area contributed by atoms with Gasteiger partial charge in [0.25, 0.3) is 0 Å². The second-order valence-electron chi connectivity index (χ2n) is 7.93. The fourth-order valence-electron chi connectivity index (χ4n) is 3.44. The summed E-state index contributed by atoms with van der Waals surface area (Å²) in [7, 11) is 0. The van der Waals surface area contributed by atoms with Crippen molar-refractivity contribution in [2.24, 2.45) is 11.7 Å². The standard InChI is InChI=1S/C22H45NO2.Na.H/c1-3-4-5-6-7-8-9-10-11-12-13-14-15-16-17-18-19-20(2)21(23)22(24)25;;/h20-21H,3-19,23H2,1-2H3,(H,24,25);;/q;+1;-1/t20-,21-;;/m0../s1. The third kappa shape index (κ3) is 19.2. The second kappa shape index (κ2) is 21.7. The maximum absolute atomic E-state index is 10.8. The minimum Gasteiger partial charge on any atom is -1.00 e. The summed E-state index contributed by atoms with van der Waals surface area (Å²) in [6, 6.07) is -0.698. The Bertz CT molecular complexity index is 306. The molecule has 2 atom stereocenters.